The molecule has 2 N–H and O–H groups in total. The van der Waals surface area contributed by atoms with Crippen molar-refractivity contribution < 1.29 is 9.53 Å². The summed E-state index contributed by atoms with van der Waals surface area (Å²) >= 11 is 0. The van der Waals surface area contributed by atoms with Gasteiger partial charge < -0.3 is 10.5 Å². The number of benzene rings is 2. The zero-order valence-electron chi connectivity index (χ0n) is 11.8. The first-order valence-electron chi connectivity index (χ1n) is 6.85. The van der Waals surface area contributed by atoms with E-state index in [1.807, 2.05) is 48.5 Å². The van der Waals surface area contributed by atoms with Crippen molar-refractivity contribution in [1.82, 2.24) is 9.78 Å². The molecule has 0 atom stereocenters. The Morgan fingerprint density at radius 2 is 1.77 bits per heavy atom. The number of nitrogens with zero attached hydrogens (tertiary/aromatic N) is 2. The van der Waals surface area contributed by atoms with Crippen molar-refractivity contribution in [1.29, 1.82) is 0 Å². The number of anilines is 1. The number of hydrogen-bond acceptors (Lipinski definition) is 4. The summed E-state index contributed by atoms with van der Waals surface area (Å²) in [6.07, 6.45) is 1.69. The number of hydrogen-bond donors (Lipinski definition) is 1. The van der Waals surface area contributed by atoms with Crippen molar-refractivity contribution in [3.05, 3.63) is 78.1 Å². The molecule has 0 bridgehead atoms. The largest absolute Gasteiger partial charge is 0.456 e. The second kappa shape index (κ2) is 6.13. The van der Waals surface area contributed by atoms with E-state index in [2.05, 4.69) is 5.10 Å². The minimum absolute atomic E-state index is 0.222. The van der Waals surface area contributed by atoms with Crippen molar-refractivity contribution in [2.24, 2.45) is 0 Å². The number of carbonyl (C=O) groups is 1. The fourth-order valence-corrected chi connectivity index (χ4v) is 2.06. The summed E-state index contributed by atoms with van der Waals surface area (Å²) < 4.78 is 6.81. The third kappa shape index (κ3) is 2.98. The van der Waals surface area contributed by atoms with Gasteiger partial charge in [-0.1, -0.05) is 42.5 Å². The molecule has 0 aliphatic heterocycles. The van der Waals surface area contributed by atoms with E-state index >= 15 is 0 Å². The first-order valence-corrected chi connectivity index (χ1v) is 6.85. The standard InChI is InChI=1S/C17H15N3O2/c18-14-8-4-5-9-16(14)20-11-10-15(19-20)17(21)22-12-13-6-2-1-3-7-13/h1-11H,12,18H2. The van der Waals surface area contributed by atoms with Gasteiger partial charge >= 0.3 is 5.97 Å². The smallest absolute Gasteiger partial charge is 0.359 e. The van der Waals surface area contributed by atoms with Crippen LogP contribution in [-0.2, 0) is 11.3 Å². The van der Waals surface area contributed by atoms with E-state index in [1.165, 1.54) is 0 Å². The molecule has 0 radical (unpaired) electrons. The Balaban J connectivity index is 1.71. The van der Waals surface area contributed by atoms with Crippen LogP contribution >= 0.6 is 0 Å². The van der Waals surface area contributed by atoms with Gasteiger partial charge in [-0.2, -0.15) is 5.10 Å². The third-order valence-electron chi connectivity index (χ3n) is 3.19. The van der Waals surface area contributed by atoms with Crippen LogP contribution in [0.2, 0.25) is 0 Å². The zero-order chi connectivity index (χ0) is 15.4. The van der Waals surface area contributed by atoms with Crippen molar-refractivity contribution in [3.8, 4) is 5.69 Å². The lowest BCUT2D eigenvalue weighted by Gasteiger charge is -2.05. The summed E-state index contributed by atoms with van der Waals surface area (Å²) in [5.41, 5.74) is 8.40. The number of nitrogen functional groups attached to an aromatic ring is 1. The molecule has 0 fully saturated rings. The lowest BCUT2D eigenvalue weighted by atomic mass is 10.2. The van der Waals surface area contributed by atoms with Crippen LogP contribution in [0.25, 0.3) is 5.69 Å². The van der Waals surface area contributed by atoms with Gasteiger partial charge in [-0.3, -0.25) is 0 Å². The number of esters is 1. The minimum Gasteiger partial charge on any atom is -0.456 e. The predicted octanol–water partition coefficient (Wildman–Crippen LogP) is 2.81. The van der Waals surface area contributed by atoms with Crippen LogP contribution in [0.1, 0.15) is 16.1 Å². The lowest BCUT2D eigenvalue weighted by Crippen LogP contribution is -2.07. The van der Waals surface area contributed by atoms with E-state index < -0.39 is 5.97 Å². The summed E-state index contributed by atoms with van der Waals surface area (Å²) in [6, 6.07) is 18.4. The number of aromatic nitrogens is 2. The highest BCUT2D eigenvalue weighted by atomic mass is 16.5. The summed E-state index contributed by atoms with van der Waals surface area (Å²) in [4.78, 5) is 12.0. The van der Waals surface area contributed by atoms with Gasteiger partial charge in [0.2, 0.25) is 0 Å². The van der Waals surface area contributed by atoms with E-state index in [0.29, 0.717) is 5.69 Å². The molecular weight excluding hydrogens is 278 g/mol. The molecule has 0 saturated heterocycles. The Labute approximate surface area is 127 Å². The molecule has 0 aliphatic carbocycles. The average molecular weight is 293 g/mol. The molecule has 1 heterocycles. The number of ether oxygens (including phenoxy) is 1. The lowest BCUT2D eigenvalue weighted by molar-refractivity contribution is 0.0465. The van der Waals surface area contributed by atoms with Crippen LogP contribution in [0.5, 0.6) is 0 Å². The van der Waals surface area contributed by atoms with E-state index in [0.717, 1.165) is 11.3 Å². The van der Waals surface area contributed by atoms with Gasteiger partial charge in [0.15, 0.2) is 5.69 Å². The quantitative estimate of drug-likeness (QED) is 0.593. The van der Waals surface area contributed by atoms with Gasteiger partial charge in [-0.25, -0.2) is 9.48 Å². The Morgan fingerprint density at radius 1 is 1.05 bits per heavy atom. The second-order valence-electron chi connectivity index (χ2n) is 4.77. The summed E-state index contributed by atoms with van der Waals surface area (Å²) in [5, 5.41) is 4.22. The minimum atomic E-state index is -0.461. The van der Waals surface area contributed by atoms with Crippen LogP contribution in [-0.4, -0.2) is 15.7 Å². The van der Waals surface area contributed by atoms with Gasteiger partial charge in [0, 0.05) is 6.20 Å². The van der Waals surface area contributed by atoms with Gasteiger partial charge in [0.25, 0.3) is 0 Å². The third-order valence-corrected chi connectivity index (χ3v) is 3.19. The van der Waals surface area contributed by atoms with Crippen molar-refractivity contribution in [2.75, 3.05) is 5.73 Å². The van der Waals surface area contributed by atoms with Gasteiger partial charge in [-0.05, 0) is 23.8 Å². The van der Waals surface area contributed by atoms with Crippen molar-refractivity contribution >= 4 is 11.7 Å². The molecule has 0 aliphatic rings. The number of carbonyl (C=O) groups excluding carboxylic acids is 1. The molecule has 0 spiro atoms. The van der Waals surface area contributed by atoms with Crippen LogP contribution in [0.3, 0.4) is 0 Å². The number of rotatable bonds is 4. The van der Waals surface area contributed by atoms with E-state index in [-0.39, 0.29) is 12.3 Å². The fraction of sp³-hybridized carbons (Fsp3) is 0.0588. The molecule has 3 rings (SSSR count). The highest BCUT2D eigenvalue weighted by Gasteiger charge is 2.12. The zero-order valence-corrected chi connectivity index (χ0v) is 11.8. The number of para-hydroxylation sites is 2. The summed E-state index contributed by atoms with van der Waals surface area (Å²) in [6.45, 7) is 0.222. The van der Waals surface area contributed by atoms with E-state index in [9.17, 15) is 4.79 Å². The maximum absolute atomic E-state index is 12.0. The first kappa shape index (κ1) is 13.9. The van der Waals surface area contributed by atoms with E-state index in [1.54, 1.807) is 23.0 Å². The predicted molar refractivity (Wildman–Crippen MR) is 83.5 cm³/mol. The molecule has 5 nitrogen and oxygen atoms in total. The number of nitrogens with two attached hydrogens (primary N) is 1. The molecule has 110 valence electrons. The molecule has 0 amide bonds. The second-order valence-corrected chi connectivity index (χ2v) is 4.77. The molecule has 2 aromatic carbocycles. The first-order chi connectivity index (χ1) is 10.7. The van der Waals surface area contributed by atoms with Crippen LogP contribution < -0.4 is 5.73 Å². The highest BCUT2D eigenvalue weighted by Crippen LogP contribution is 2.16. The van der Waals surface area contributed by atoms with Crippen LogP contribution in [0.4, 0.5) is 5.69 Å². The van der Waals surface area contributed by atoms with Crippen LogP contribution in [0.15, 0.2) is 66.9 Å². The molecule has 1 aromatic heterocycles. The monoisotopic (exact) mass is 293 g/mol. The van der Waals surface area contributed by atoms with Gasteiger partial charge in [-0.15, -0.1) is 0 Å². The Morgan fingerprint density at radius 3 is 2.55 bits per heavy atom. The maximum Gasteiger partial charge on any atom is 0.359 e. The molecule has 5 heteroatoms. The van der Waals surface area contributed by atoms with Crippen molar-refractivity contribution in [2.45, 2.75) is 6.61 Å². The van der Waals surface area contributed by atoms with E-state index in [4.69, 9.17) is 10.5 Å². The SMILES string of the molecule is Nc1ccccc1-n1ccc(C(=O)OCc2ccccc2)n1. The van der Waals surface area contributed by atoms with Gasteiger partial charge in [0.05, 0.1) is 11.4 Å². The molecule has 0 unspecified atom stereocenters. The van der Waals surface area contributed by atoms with Gasteiger partial charge in [0.1, 0.15) is 6.61 Å². The fourth-order valence-electron chi connectivity index (χ4n) is 2.06. The Kier molecular flexibility index (Phi) is 3.87. The Bertz CT molecular complexity index is 781. The van der Waals surface area contributed by atoms with Crippen molar-refractivity contribution in [3.63, 3.8) is 0 Å². The molecule has 3 aromatic rings. The average Bonchev–Trinajstić information content (AvgIpc) is 3.04. The highest BCUT2D eigenvalue weighted by molar-refractivity contribution is 5.87. The summed E-state index contributed by atoms with van der Waals surface area (Å²) in [7, 11) is 0. The maximum atomic E-state index is 12.0. The van der Waals surface area contributed by atoms with Crippen LogP contribution in [0, 0.1) is 0 Å². The normalized spacial score (nSPS) is 10.4. The Hall–Kier alpha value is -3.08. The topological polar surface area (TPSA) is 70.1 Å². The molecule has 22 heavy (non-hydrogen) atoms. The molecule has 0 saturated carbocycles. The summed E-state index contributed by atoms with van der Waals surface area (Å²) in [5.74, 6) is -0.461. The molecular formula is C17H15N3O2.